The maximum atomic E-state index is 13.7. The molecule has 0 saturated carbocycles. The molecule has 2 N–H and O–H groups in total. The Morgan fingerprint density at radius 2 is 1.86 bits per heavy atom. The van der Waals surface area contributed by atoms with Crippen molar-refractivity contribution in [3.63, 3.8) is 0 Å². The van der Waals surface area contributed by atoms with Crippen LogP contribution in [0.25, 0.3) is 10.9 Å². The summed E-state index contributed by atoms with van der Waals surface area (Å²) in [5, 5.41) is 3.95. The Morgan fingerprint density at radius 1 is 1.16 bits per heavy atom. The Bertz CT molecular complexity index is 1380. The summed E-state index contributed by atoms with van der Waals surface area (Å²) >= 11 is 0. The van der Waals surface area contributed by atoms with E-state index in [-0.39, 0.29) is 11.7 Å². The zero-order valence-electron chi connectivity index (χ0n) is 21.3. The van der Waals surface area contributed by atoms with E-state index >= 15 is 0 Å². The van der Waals surface area contributed by atoms with E-state index < -0.39 is 16.2 Å². The molecule has 1 atom stereocenters. The highest BCUT2D eigenvalue weighted by Gasteiger charge is 2.28. The third-order valence-corrected chi connectivity index (χ3v) is 6.58. The number of nitrogens with one attached hydrogen (secondary N) is 1. The van der Waals surface area contributed by atoms with E-state index in [1.165, 1.54) is 11.6 Å². The molecule has 1 fully saturated rings. The Balaban J connectivity index is 0.000000586. The number of ether oxygens (including phenoxy) is 1. The molecule has 1 unspecified atom stereocenters. The minimum atomic E-state index is -3.67. The molecule has 1 amide bonds. The quantitative estimate of drug-likeness (QED) is 0.486. The van der Waals surface area contributed by atoms with E-state index in [2.05, 4.69) is 31.9 Å². The molecule has 3 heterocycles. The molecule has 0 aliphatic carbocycles. The lowest BCUT2D eigenvalue weighted by Gasteiger charge is -2.38. The molecule has 5 rings (SSSR count). The lowest BCUT2D eigenvalue weighted by atomic mass is 10.1. The standard InChI is InChI=1S/C25H29FN4O2.CH4O3S/c1-17-25(31)27-21-6-3-7-23(24(21)32-17)30-13-11-29(12-14-30)10-4-5-18-16-28(2)22-9-8-19(26)15-20(18)22;1-5(2,3)4/h3,6-9,15-17H,4-5,10-14H2,1-2H3,(H,27,31);1H3,(H,2,3,4). The van der Waals surface area contributed by atoms with Crippen molar-refractivity contribution in [2.75, 3.05) is 49.2 Å². The van der Waals surface area contributed by atoms with Crippen LogP contribution >= 0.6 is 0 Å². The summed E-state index contributed by atoms with van der Waals surface area (Å²) < 4.78 is 47.6. The average Bonchev–Trinajstić information content (AvgIpc) is 3.13. The molecule has 11 heteroatoms. The smallest absolute Gasteiger partial charge is 0.265 e. The van der Waals surface area contributed by atoms with Crippen molar-refractivity contribution in [3.05, 3.63) is 54.0 Å². The Kier molecular flexibility index (Phi) is 8.05. The Labute approximate surface area is 216 Å². The predicted octanol–water partition coefficient (Wildman–Crippen LogP) is 3.30. The van der Waals surface area contributed by atoms with Crippen molar-refractivity contribution in [2.45, 2.75) is 25.9 Å². The number of fused-ring (bicyclic) bond motifs is 2. The highest BCUT2D eigenvalue weighted by Crippen LogP contribution is 2.39. The molecule has 3 aromatic rings. The van der Waals surface area contributed by atoms with Crippen LogP contribution in [-0.2, 0) is 28.4 Å². The van der Waals surface area contributed by atoms with Crippen molar-refractivity contribution in [3.8, 4) is 5.75 Å². The summed E-state index contributed by atoms with van der Waals surface area (Å²) in [4.78, 5) is 16.7. The van der Waals surface area contributed by atoms with Gasteiger partial charge in [0.25, 0.3) is 16.0 Å². The molecular formula is C26H33FN4O5S. The van der Waals surface area contributed by atoms with Crippen LogP contribution < -0.4 is 15.0 Å². The van der Waals surface area contributed by atoms with Gasteiger partial charge in [-0.1, -0.05) is 6.07 Å². The summed E-state index contributed by atoms with van der Waals surface area (Å²) in [6, 6.07) is 10.9. The third-order valence-electron chi connectivity index (χ3n) is 6.58. The maximum Gasteiger partial charge on any atom is 0.265 e. The Morgan fingerprint density at radius 3 is 2.57 bits per heavy atom. The molecule has 1 saturated heterocycles. The first-order valence-electron chi connectivity index (χ1n) is 12.2. The molecule has 200 valence electrons. The topological polar surface area (TPSA) is 104 Å². The minimum absolute atomic E-state index is 0.103. The van der Waals surface area contributed by atoms with Crippen molar-refractivity contribution in [1.82, 2.24) is 9.47 Å². The fourth-order valence-electron chi connectivity index (χ4n) is 4.81. The van der Waals surface area contributed by atoms with E-state index in [9.17, 15) is 17.6 Å². The summed E-state index contributed by atoms with van der Waals surface area (Å²) in [6.07, 6.45) is 4.35. The molecule has 2 aromatic carbocycles. The van der Waals surface area contributed by atoms with E-state index in [1.54, 1.807) is 13.0 Å². The van der Waals surface area contributed by atoms with E-state index in [4.69, 9.17) is 9.29 Å². The number of anilines is 2. The number of rotatable bonds is 5. The second kappa shape index (κ2) is 11.1. The molecule has 0 radical (unpaired) electrons. The molecule has 2 aliphatic heterocycles. The van der Waals surface area contributed by atoms with Gasteiger partial charge in [0.2, 0.25) is 0 Å². The number of carbonyl (C=O) groups is 1. The van der Waals surface area contributed by atoms with Gasteiger partial charge >= 0.3 is 0 Å². The van der Waals surface area contributed by atoms with Gasteiger partial charge in [-0.05, 0) is 62.2 Å². The number of hydrogen-bond acceptors (Lipinski definition) is 6. The number of nitrogens with zero attached hydrogens (tertiary/aromatic N) is 3. The van der Waals surface area contributed by atoms with Crippen LogP contribution in [0.4, 0.5) is 15.8 Å². The van der Waals surface area contributed by atoms with Crippen molar-refractivity contribution < 1.29 is 26.9 Å². The number of halogens is 1. The molecular weight excluding hydrogens is 499 g/mol. The molecule has 0 spiro atoms. The second-order valence-electron chi connectivity index (χ2n) is 9.50. The number of hydrogen-bond donors (Lipinski definition) is 2. The predicted molar refractivity (Wildman–Crippen MR) is 142 cm³/mol. The van der Waals surface area contributed by atoms with Gasteiger partial charge in [-0.15, -0.1) is 0 Å². The summed E-state index contributed by atoms with van der Waals surface area (Å²) in [6.45, 7) is 6.60. The third kappa shape index (κ3) is 6.79. The van der Waals surface area contributed by atoms with Crippen LogP contribution in [0.5, 0.6) is 5.75 Å². The van der Waals surface area contributed by atoms with Gasteiger partial charge in [0, 0.05) is 50.3 Å². The summed E-state index contributed by atoms with van der Waals surface area (Å²) in [5.41, 5.74) is 4.09. The van der Waals surface area contributed by atoms with E-state index in [0.29, 0.717) is 6.26 Å². The van der Waals surface area contributed by atoms with Crippen LogP contribution in [0.15, 0.2) is 42.6 Å². The van der Waals surface area contributed by atoms with Gasteiger partial charge in [-0.25, -0.2) is 4.39 Å². The molecule has 0 bridgehead atoms. The molecule has 1 aromatic heterocycles. The first kappa shape index (κ1) is 26.9. The molecule has 2 aliphatic rings. The summed E-state index contributed by atoms with van der Waals surface area (Å²) in [5.74, 6) is 0.492. The monoisotopic (exact) mass is 532 g/mol. The van der Waals surface area contributed by atoms with E-state index in [1.807, 2.05) is 25.2 Å². The highest BCUT2D eigenvalue weighted by atomic mass is 32.2. The largest absolute Gasteiger partial charge is 0.477 e. The molecule has 9 nitrogen and oxygen atoms in total. The number of aryl methyl sites for hydroxylation is 2. The van der Waals surface area contributed by atoms with Crippen LogP contribution in [0, 0.1) is 5.82 Å². The van der Waals surface area contributed by atoms with Crippen molar-refractivity contribution in [1.29, 1.82) is 0 Å². The van der Waals surface area contributed by atoms with Gasteiger partial charge < -0.3 is 19.5 Å². The maximum absolute atomic E-state index is 13.7. The lowest BCUT2D eigenvalue weighted by Crippen LogP contribution is -2.47. The fraction of sp³-hybridized carbons (Fsp3) is 0.423. The number of amides is 1. The first-order chi connectivity index (χ1) is 17.5. The minimum Gasteiger partial charge on any atom is -0.477 e. The van der Waals surface area contributed by atoms with Crippen LogP contribution in [-0.4, -0.2) is 73.4 Å². The van der Waals surface area contributed by atoms with Crippen LogP contribution in [0.1, 0.15) is 18.9 Å². The summed E-state index contributed by atoms with van der Waals surface area (Å²) in [7, 11) is -1.65. The number of carbonyl (C=O) groups excluding carboxylic acids is 1. The van der Waals surface area contributed by atoms with Gasteiger partial charge in [-0.2, -0.15) is 8.42 Å². The number of para-hydroxylation sites is 1. The van der Waals surface area contributed by atoms with Gasteiger partial charge in [0.05, 0.1) is 17.6 Å². The second-order valence-corrected chi connectivity index (χ2v) is 11.0. The van der Waals surface area contributed by atoms with Crippen LogP contribution in [0.3, 0.4) is 0 Å². The van der Waals surface area contributed by atoms with Crippen LogP contribution in [0.2, 0.25) is 0 Å². The highest BCUT2D eigenvalue weighted by molar-refractivity contribution is 7.85. The number of piperazine rings is 1. The fourth-order valence-corrected chi connectivity index (χ4v) is 4.81. The zero-order valence-corrected chi connectivity index (χ0v) is 22.1. The van der Waals surface area contributed by atoms with Gasteiger partial charge in [-0.3, -0.25) is 14.2 Å². The number of benzene rings is 2. The lowest BCUT2D eigenvalue weighted by molar-refractivity contribution is -0.122. The first-order valence-corrected chi connectivity index (χ1v) is 14.1. The Hall–Kier alpha value is -3.15. The van der Waals surface area contributed by atoms with Gasteiger partial charge in [0.15, 0.2) is 11.9 Å². The van der Waals surface area contributed by atoms with Crippen molar-refractivity contribution in [2.24, 2.45) is 7.05 Å². The average molecular weight is 533 g/mol. The zero-order chi connectivity index (χ0) is 26.7. The van der Waals surface area contributed by atoms with E-state index in [0.717, 1.165) is 73.6 Å². The molecule has 37 heavy (non-hydrogen) atoms. The number of aromatic nitrogens is 1. The SMILES string of the molecule is CC1Oc2c(cccc2N2CCN(CCCc3cn(C)c4ccc(F)cc34)CC2)NC1=O.CS(=O)(=O)O. The normalized spacial score (nSPS) is 18.0. The van der Waals surface area contributed by atoms with Gasteiger partial charge in [0.1, 0.15) is 5.82 Å². The van der Waals surface area contributed by atoms with Crippen molar-refractivity contribution >= 4 is 38.3 Å².